The maximum Gasteiger partial charge on any atom is 0.254 e. The molecule has 21 heavy (non-hydrogen) atoms. The largest absolute Gasteiger partial charge is 0.351 e. The Hall–Kier alpha value is -2.36. The van der Waals surface area contributed by atoms with E-state index in [0.717, 1.165) is 17.0 Å². The van der Waals surface area contributed by atoms with Crippen molar-refractivity contribution in [3.8, 4) is 0 Å². The minimum atomic E-state index is -0.0516. The monoisotopic (exact) mass is 282 g/mol. The first kappa shape index (κ1) is 13.6. The summed E-state index contributed by atoms with van der Waals surface area (Å²) in [5, 5.41) is 0. The van der Waals surface area contributed by atoms with Gasteiger partial charge >= 0.3 is 0 Å². The summed E-state index contributed by atoms with van der Waals surface area (Å²) in [5.41, 5.74) is 4.41. The zero-order chi connectivity index (χ0) is 15.1. The SMILES string of the molecule is Cc1cc(C(=O)CN2Cc3ccccc3C2=O)c(C)n1C. The zero-order valence-corrected chi connectivity index (χ0v) is 12.5. The molecule has 2 aromatic rings. The van der Waals surface area contributed by atoms with Crippen LogP contribution in [0.25, 0.3) is 0 Å². The second-order valence-electron chi connectivity index (χ2n) is 5.59. The van der Waals surface area contributed by atoms with E-state index in [1.807, 2.05) is 55.8 Å². The molecule has 0 saturated heterocycles. The second-order valence-corrected chi connectivity index (χ2v) is 5.59. The lowest BCUT2D eigenvalue weighted by molar-refractivity contribution is 0.0728. The average Bonchev–Trinajstić information content (AvgIpc) is 2.92. The smallest absolute Gasteiger partial charge is 0.254 e. The fourth-order valence-corrected chi connectivity index (χ4v) is 2.84. The first-order chi connectivity index (χ1) is 9.99. The highest BCUT2D eigenvalue weighted by atomic mass is 16.2. The Balaban J connectivity index is 1.81. The molecule has 1 aromatic carbocycles. The van der Waals surface area contributed by atoms with Crippen LogP contribution in [-0.2, 0) is 13.6 Å². The van der Waals surface area contributed by atoms with E-state index in [2.05, 4.69) is 0 Å². The quantitative estimate of drug-likeness (QED) is 0.812. The summed E-state index contributed by atoms with van der Waals surface area (Å²) in [5.74, 6) is -0.0541. The van der Waals surface area contributed by atoms with Crippen LogP contribution in [0.3, 0.4) is 0 Å². The van der Waals surface area contributed by atoms with Crippen molar-refractivity contribution in [2.75, 3.05) is 6.54 Å². The summed E-state index contributed by atoms with van der Waals surface area (Å²) in [6.45, 7) is 4.56. The molecule has 1 aliphatic heterocycles. The van der Waals surface area contributed by atoms with Gasteiger partial charge < -0.3 is 9.47 Å². The highest BCUT2D eigenvalue weighted by Gasteiger charge is 2.29. The fraction of sp³-hybridized carbons (Fsp3) is 0.294. The number of nitrogens with zero attached hydrogens (tertiary/aromatic N) is 2. The van der Waals surface area contributed by atoms with Crippen molar-refractivity contribution in [3.05, 3.63) is 58.4 Å². The van der Waals surface area contributed by atoms with Crippen LogP contribution in [0, 0.1) is 13.8 Å². The number of hydrogen-bond acceptors (Lipinski definition) is 2. The Bertz CT molecular complexity index is 743. The number of fused-ring (bicyclic) bond motifs is 1. The van der Waals surface area contributed by atoms with E-state index in [1.165, 1.54) is 0 Å². The predicted octanol–water partition coefficient (Wildman–Crippen LogP) is 2.48. The van der Waals surface area contributed by atoms with Gasteiger partial charge in [-0.3, -0.25) is 9.59 Å². The lowest BCUT2D eigenvalue weighted by Gasteiger charge is -2.14. The van der Waals surface area contributed by atoms with Gasteiger partial charge in [-0.05, 0) is 31.5 Å². The topological polar surface area (TPSA) is 42.3 Å². The molecule has 0 radical (unpaired) electrons. The third-order valence-electron chi connectivity index (χ3n) is 4.31. The Morgan fingerprint density at radius 1 is 1.24 bits per heavy atom. The third kappa shape index (κ3) is 2.17. The van der Waals surface area contributed by atoms with E-state index >= 15 is 0 Å². The van der Waals surface area contributed by atoms with Crippen molar-refractivity contribution >= 4 is 11.7 Å². The molecule has 4 heteroatoms. The van der Waals surface area contributed by atoms with Gasteiger partial charge in [0.15, 0.2) is 5.78 Å². The van der Waals surface area contributed by atoms with E-state index in [4.69, 9.17) is 0 Å². The van der Waals surface area contributed by atoms with Gasteiger partial charge in [0.2, 0.25) is 0 Å². The van der Waals surface area contributed by atoms with Crippen molar-refractivity contribution in [1.82, 2.24) is 9.47 Å². The van der Waals surface area contributed by atoms with Crippen LogP contribution in [-0.4, -0.2) is 27.7 Å². The maximum atomic E-state index is 12.5. The molecule has 0 saturated carbocycles. The molecule has 0 spiro atoms. The van der Waals surface area contributed by atoms with Gasteiger partial charge in [-0.2, -0.15) is 0 Å². The van der Waals surface area contributed by atoms with E-state index in [-0.39, 0.29) is 18.2 Å². The summed E-state index contributed by atoms with van der Waals surface area (Å²) < 4.78 is 1.99. The first-order valence-electron chi connectivity index (χ1n) is 7.02. The summed E-state index contributed by atoms with van der Waals surface area (Å²) in [6, 6.07) is 9.43. The molecule has 0 bridgehead atoms. The molecule has 0 unspecified atom stereocenters. The Morgan fingerprint density at radius 3 is 2.57 bits per heavy atom. The number of amides is 1. The number of hydrogen-bond donors (Lipinski definition) is 0. The van der Waals surface area contributed by atoms with Crippen molar-refractivity contribution in [3.63, 3.8) is 0 Å². The molecule has 4 nitrogen and oxygen atoms in total. The molecule has 108 valence electrons. The van der Waals surface area contributed by atoms with Crippen LogP contribution in [0.4, 0.5) is 0 Å². The van der Waals surface area contributed by atoms with Crippen LogP contribution in [0.5, 0.6) is 0 Å². The van der Waals surface area contributed by atoms with Gasteiger partial charge in [-0.15, -0.1) is 0 Å². The first-order valence-corrected chi connectivity index (χ1v) is 7.02. The number of carbonyl (C=O) groups is 2. The zero-order valence-electron chi connectivity index (χ0n) is 12.5. The Kier molecular flexibility index (Phi) is 3.16. The average molecular weight is 282 g/mol. The minimum Gasteiger partial charge on any atom is -0.351 e. The summed E-state index contributed by atoms with van der Waals surface area (Å²) in [6.07, 6.45) is 0. The van der Waals surface area contributed by atoms with Gasteiger partial charge in [0.05, 0.1) is 6.54 Å². The lowest BCUT2D eigenvalue weighted by Crippen LogP contribution is -2.30. The van der Waals surface area contributed by atoms with Gasteiger partial charge in [-0.25, -0.2) is 0 Å². The highest BCUT2D eigenvalue weighted by Crippen LogP contribution is 2.23. The molecule has 0 fully saturated rings. The number of benzene rings is 1. The maximum absolute atomic E-state index is 12.5. The summed E-state index contributed by atoms with van der Waals surface area (Å²) >= 11 is 0. The molecule has 2 heterocycles. The van der Waals surface area contributed by atoms with Crippen LogP contribution < -0.4 is 0 Å². The number of carbonyl (C=O) groups excluding carboxylic acids is 2. The molecule has 0 aliphatic carbocycles. The van der Waals surface area contributed by atoms with Crippen LogP contribution in [0.1, 0.15) is 37.7 Å². The lowest BCUT2D eigenvalue weighted by atomic mass is 10.1. The second kappa shape index (κ2) is 4.88. The van der Waals surface area contributed by atoms with E-state index in [9.17, 15) is 9.59 Å². The summed E-state index contributed by atoms with van der Waals surface area (Å²) in [4.78, 5) is 26.4. The van der Waals surface area contributed by atoms with Gasteiger partial charge in [-0.1, -0.05) is 18.2 Å². The molecule has 1 amide bonds. The molecule has 0 N–H and O–H groups in total. The Morgan fingerprint density at radius 2 is 1.95 bits per heavy atom. The fourth-order valence-electron chi connectivity index (χ4n) is 2.84. The molecule has 1 aromatic heterocycles. The number of aryl methyl sites for hydroxylation is 1. The van der Waals surface area contributed by atoms with E-state index < -0.39 is 0 Å². The molecular weight excluding hydrogens is 264 g/mol. The van der Waals surface area contributed by atoms with Crippen molar-refractivity contribution in [2.45, 2.75) is 20.4 Å². The van der Waals surface area contributed by atoms with Crippen molar-refractivity contribution < 1.29 is 9.59 Å². The number of aromatic nitrogens is 1. The van der Waals surface area contributed by atoms with Gasteiger partial charge in [0, 0.05) is 36.1 Å². The number of Topliss-reactive ketones (excluding diaryl/α,β-unsaturated/α-hetero) is 1. The predicted molar refractivity (Wildman–Crippen MR) is 80.4 cm³/mol. The Labute approximate surface area is 124 Å². The van der Waals surface area contributed by atoms with E-state index in [1.54, 1.807) is 4.90 Å². The third-order valence-corrected chi connectivity index (χ3v) is 4.31. The van der Waals surface area contributed by atoms with E-state index in [0.29, 0.717) is 17.7 Å². The van der Waals surface area contributed by atoms with Crippen molar-refractivity contribution in [2.24, 2.45) is 7.05 Å². The molecule has 3 rings (SSSR count). The molecular formula is C17H18N2O2. The van der Waals surface area contributed by atoms with Crippen LogP contribution in [0.2, 0.25) is 0 Å². The molecule has 1 aliphatic rings. The minimum absolute atomic E-state index is 0.00245. The van der Waals surface area contributed by atoms with Gasteiger partial charge in [0.25, 0.3) is 5.91 Å². The van der Waals surface area contributed by atoms with Crippen LogP contribution >= 0.6 is 0 Å². The standard InChI is InChI=1S/C17H18N2O2/c1-11-8-15(12(2)18(11)3)16(20)10-19-9-13-6-4-5-7-14(13)17(19)21/h4-8H,9-10H2,1-3H3. The number of ketones is 1. The number of rotatable bonds is 3. The summed E-state index contributed by atoms with van der Waals surface area (Å²) in [7, 11) is 1.94. The van der Waals surface area contributed by atoms with Crippen molar-refractivity contribution in [1.29, 1.82) is 0 Å². The molecule has 0 atom stereocenters. The normalized spacial score (nSPS) is 13.7. The highest BCUT2D eigenvalue weighted by molar-refractivity contribution is 6.04. The van der Waals surface area contributed by atoms with Crippen LogP contribution in [0.15, 0.2) is 30.3 Å². The van der Waals surface area contributed by atoms with Gasteiger partial charge in [0.1, 0.15) is 0 Å².